The lowest BCUT2D eigenvalue weighted by molar-refractivity contribution is 0.0696. The van der Waals surface area contributed by atoms with Crippen molar-refractivity contribution in [1.29, 1.82) is 0 Å². The van der Waals surface area contributed by atoms with Crippen molar-refractivity contribution in [2.24, 2.45) is 0 Å². The van der Waals surface area contributed by atoms with E-state index in [-0.39, 0.29) is 5.56 Å². The van der Waals surface area contributed by atoms with E-state index in [1.54, 1.807) is 6.07 Å². The smallest absolute Gasteiger partial charge is 0.337 e. The maximum absolute atomic E-state index is 10.6. The van der Waals surface area contributed by atoms with Crippen molar-refractivity contribution in [3.8, 4) is 0 Å². The van der Waals surface area contributed by atoms with Gasteiger partial charge in [-0.2, -0.15) is 0 Å². The number of hydrogen-bond acceptors (Lipinski definition) is 5. The van der Waals surface area contributed by atoms with Gasteiger partial charge in [0.05, 0.1) is 17.8 Å². The van der Waals surface area contributed by atoms with Gasteiger partial charge in [0, 0.05) is 12.3 Å². The third-order valence-corrected chi connectivity index (χ3v) is 2.13. The van der Waals surface area contributed by atoms with Gasteiger partial charge in [0.1, 0.15) is 5.82 Å². The van der Waals surface area contributed by atoms with E-state index >= 15 is 0 Å². The molecule has 0 saturated heterocycles. The summed E-state index contributed by atoms with van der Waals surface area (Å²) < 4.78 is 5.01. The molecule has 2 N–H and O–H groups in total. The third kappa shape index (κ3) is 2.81. The number of rotatable bonds is 4. The van der Waals surface area contributed by atoms with Crippen molar-refractivity contribution in [1.82, 2.24) is 10.1 Å². The molecule has 2 heterocycles. The van der Waals surface area contributed by atoms with Crippen LogP contribution in [0.15, 0.2) is 28.9 Å². The lowest BCUT2D eigenvalue weighted by atomic mass is 10.3. The summed E-state index contributed by atoms with van der Waals surface area (Å²) in [5.74, 6) is 0.297. The Morgan fingerprint density at radius 3 is 2.88 bits per heavy atom. The van der Waals surface area contributed by atoms with E-state index in [2.05, 4.69) is 15.5 Å². The zero-order valence-electron chi connectivity index (χ0n) is 9.17. The molecule has 0 unspecified atom stereocenters. The Balaban J connectivity index is 1.97. The summed E-state index contributed by atoms with van der Waals surface area (Å²) in [6.45, 7) is 2.30. The molecule has 0 aromatic carbocycles. The van der Waals surface area contributed by atoms with E-state index in [1.807, 2.05) is 13.0 Å². The molecule has 0 spiro atoms. The van der Waals surface area contributed by atoms with E-state index < -0.39 is 5.97 Å². The van der Waals surface area contributed by atoms with Crippen LogP contribution in [0.3, 0.4) is 0 Å². The first kappa shape index (κ1) is 11.1. The van der Waals surface area contributed by atoms with Gasteiger partial charge in [-0.25, -0.2) is 9.78 Å². The second-order valence-electron chi connectivity index (χ2n) is 3.53. The van der Waals surface area contributed by atoms with Gasteiger partial charge in [0.2, 0.25) is 0 Å². The zero-order chi connectivity index (χ0) is 12.3. The van der Waals surface area contributed by atoms with Crippen LogP contribution in [-0.4, -0.2) is 21.2 Å². The molecule has 0 aliphatic rings. The minimum absolute atomic E-state index is 0.158. The SMILES string of the molecule is Cc1cc(CNc2ccc(C(=O)O)cn2)on1. The van der Waals surface area contributed by atoms with E-state index in [9.17, 15) is 4.79 Å². The lowest BCUT2D eigenvalue weighted by Crippen LogP contribution is -2.02. The van der Waals surface area contributed by atoms with Gasteiger partial charge in [-0.1, -0.05) is 5.16 Å². The first-order valence-electron chi connectivity index (χ1n) is 5.00. The molecular formula is C11H11N3O3. The van der Waals surface area contributed by atoms with Crippen LogP contribution in [-0.2, 0) is 6.54 Å². The zero-order valence-corrected chi connectivity index (χ0v) is 9.17. The third-order valence-electron chi connectivity index (χ3n) is 2.13. The molecule has 0 fully saturated rings. The molecule has 0 amide bonds. The molecule has 2 aromatic heterocycles. The van der Waals surface area contributed by atoms with Gasteiger partial charge in [-0.15, -0.1) is 0 Å². The molecule has 0 aliphatic carbocycles. The van der Waals surface area contributed by atoms with Gasteiger partial charge >= 0.3 is 5.97 Å². The number of pyridine rings is 1. The van der Waals surface area contributed by atoms with Crippen LogP contribution in [0.2, 0.25) is 0 Å². The van der Waals surface area contributed by atoms with Crippen molar-refractivity contribution in [2.45, 2.75) is 13.5 Å². The van der Waals surface area contributed by atoms with Crippen LogP contribution in [0.1, 0.15) is 21.8 Å². The highest BCUT2D eigenvalue weighted by atomic mass is 16.5. The Hall–Kier alpha value is -2.37. The Morgan fingerprint density at radius 1 is 1.53 bits per heavy atom. The maximum Gasteiger partial charge on any atom is 0.337 e. The van der Waals surface area contributed by atoms with Crippen molar-refractivity contribution >= 4 is 11.8 Å². The highest BCUT2D eigenvalue weighted by molar-refractivity contribution is 5.87. The largest absolute Gasteiger partial charge is 0.478 e. The first-order chi connectivity index (χ1) is 8.15. The Morgan fingerprint density at radius 2 is 2.35 bits per heavy atom. The number of aromatic carboxylic acids is 1. The summed E-state index contributed by atoms with van der Waals surface area (Å²) in [7, 11) is 0. The number of carbonyl (C=O) groups is 1. The van der Waals surface area contributed by atoms with Crippen molar-refractivity contribution < 1.29 is 14.4 Å². The van der Waals surface area contributed by atoms with Crippen LogP contribution in [0.5, 0.6) is 0 Å². The lowest BCUT2D eigenvalue weighted by Gasteiger charge is -2.02. The molecule has 2 rings (SSSR count). The second kappa shape index (κ2) is 4.65. The average molecular weight is 233 g/mol. The van der Waals surface area contributed by atoms with Gasteiger partial charge < -0.3 is 14.9 Å². The number of hydrogen-bond donors (Lipinski definition) is 2. The average Bonchev–Trinajstić information content (AvgIpc) is 2.73. The van der Waals surface area contributed by atoms with E-state index in [4.69, 9.17) is 9.63 Å². The molecule has 6 nitrogen and oxygen atoms in total. The fourth-order valence-electron chi connectivity index (χ4n) is 1.30. The molecule has 2 aromatic rings. The minimum atomic E-state index is -0.991. The standard InChI is InChI=1S/C11H11N3O3/c1-7-4-9(17-14-7)6-13-10-3-2-8(5-12-10)11(15)16/h2-5H,6H2,1H3,(H,12,13)(H,15,16). The van der Waals surface area contributed by atoms with Crippen molar-refractivity contribution in [3.63, 3.8) is 0 Å². The summed E-state index contributed by atoms with van der Waals surface area (Å²) in [5, 5.41) is 15.5. The Labute approximate surface area is 97.3 Å². The van der Waals surface area contributed by atoms with E-state index in [0.717, 1.165) is 5.69 Å². The predicted octanol–water partition coefficient (Wildman–Crippen LogP) is 1.69. The highest BCUT2D eigenvalue weighted by Crippen LogP contribution is 2.08. The summed E-state index contributed by atoms with van der Waals surface area (Å²) in [6.07, 6.45) is 1.30. The predicted molar refractivity (Wildman–Crippen MR) is 59.8 cm³/mol. The number of nitrogens with zero attached hydrogens (tertiary/aromatic N) is 2. The molecule has 88 valence electrons. The Kier molecular flexibility index (Phi) is 3.04. The molecule has 0 radical (unpaired) electrons. The Bertz CT molecular complexity index is 519. The topological polar surface area (TPSA) is 88.2 Å². The van der Waals surface area contributed by atoms with Crippen molar-refractivity contribution in [2.75, 3.05) is 5.32 Å². The van der Waals surface area contributed by atoms with Crippen LogP contribution in [0, 0.1) is 6.92 Å². The molecule has 0 atom stereocenters. The molecule has 6 heteroatoms. The van der Waals surface area contributed by atoms with Crippen LogP contribution >= 0.6 is 0 Å². The quantitative estimate of drug-likeness (QED) is 0.835. The normalized spacial score (nSPS) is 10.2. The molecule has 0 aliphatic heterocycles. The van der Waals surface area contributed by atoms with Crippen LogP contribution < -0.4 is 5.32 Å². The molecule has 0 bridgehead atoms. The number of carboxylic acids is 1. The number of nitrogens with one attached hydrogen (secondary N) is 1. The molecule has 0 saturated carbocycles. The fraction of sp³-hybridized carbons (Fsp3) is 0.182. The summed E-state index contributed by atoms with van der Waals surface area (Å²) in [5.41, 5.74) is 0.974. The second-order valence-corrected chi connectivity index (χ2v) is 3.53. The van der Waals surface area contributed by atoms with Crippen LogP contribution in [0.25, 0.3) is 0 Å². The van der Waals surface area contributed by atoms with E-state index in [1.165, 1.54) is 12.3 Å². The summed E-state index contributed by atoms with van der Waals surface area (Å²) in [4.78, 5) is 14.6. The van der Waals surface area contributed by atoms with Crippen molar-refractivity contribution in [3.05, 3.63) is 41.4 Å². The summed E-state index contributed by atoms with van der Waals surface area (Å²) in [6, 6.07) is 4.91. The summed E-state index contributed by atoms with van der Waals surface area (Å²) >= 11 is 0. The van der Waals surface area contributed by atoms with Gasteiger partial charge in [-0.05, 0) is 19.1 Å². The monoisotopic (exact) mass is 233 g/mol. The number of aryl methyl sites for hydroxylation is 1. The highest BCUT2D eigenvalue weighted by Gasteiger charge is 2.04. The fourth-order valence-corrected chi connectivity index (χ4v) is 1.30. The number of carboxylic acid groups (broad SMARTS) is 1. The van der Waals surface area contributed by atoms with Gasteiger partial charge in [0.25, 0.3) is 0 Å². The van der Waals surface area contributed by atoms with Gasteiger partial charge in [-0.3, -0.25) is 0 Å². The molecular weight excluding hydrogens is 222 g/mol. The molecule has 17 heavy (non-hydrogen) atoms. The number of aromatic nitrogens is 2. The van der Waals surface area contributed by atoms with E-state index in [0.29, 0.717) is 18.1 Å². The van der Waals surface area contributed by atoms with Crippen LogP contribution in [0.4, 0.5) is 5.82 Å². The number of anilines is 1. The first-order valence-corrected chi connectivity index (χ1v) is 5.00. The van der Waals surface area contributed by atoms with Gasteiger partial charge in [0.15, 0.2) is 5.76 Å². The minimum Gasteiger partial charge on any atom is -0.478 e. The maximum atomic E-state index is 10.6.